The second-order valence-electron chi connectivity index (χ2n) is 10.4. The smallest absolute Gasteiger partial charge is 0.320 e. The number of nitrogens with one attached hydrogen (secondary N) is 2. The first-order valence-corrected chi connectivity index (χ1v) is 13.6. The molecule has 8 nitrogen and oxygen atoms in total. The molecule has 0 spiro atoms. The van der Waals surface area contributed by atoms with Crippen molar-refractivity contribution in [1.29, 1.82) is 0 Å². The van der Waals surface area contributed by atoms with Crippen LogP contribution in [-0.2, 0) is 4.74 Å². The fraction of sp³-hybridized carbons (Fsp3) is 0.323. The van der Waals surface area contributed by atoms with Crippen LogP contribution in [0.1, 0.15) is 28.4 Å². The van der Waals surface area contributed by atoms with Gasteiger partial charge in [0.2, 0.25) is 0 Å². The largest absolute Gasteiger partial charge is 0.383 e. The van der Waals surface area contributed by atoms with Gasteiger partial charge in [0.05, 0.1) is 24.0 Å². The van der Waals surface area contributed by atoms with Crippen molar-refractivity contribution in [3.63, 3.8) is 0 Å². The van der Waals surface area contributed by atoms with E-state index in [9.17, 15) is 13.6 Å². The molecule has 0 radical (unpaired) electrons. The number of carbonyl (C=O) groups is 1. The molecule has 2 atom stereocenters. The summed E-state index contributed by atoms with van der Waals surface area (Å²) in [6.45, 7) is 8.10. The Morgan fingerprint density at radius 3 is 2.41 bits per heavy atom. The first-order valence-electron chi connectivity index (χ1n) is 13.6. The third kappa shape index (κ3) is 6.28. The van der Waals surface area contributed by atoms with Crippen LogP contribution in [-0.4, -0.2) is 65.1 Å². The van der Waals surface area contributed by atoms with Crippen LogP contribution >= 0.6 is 0 Å². The minimum Gasteiger partial charge on any atom is -0.383 e. The lowest BCUT2D eigenvalue weighted by Crippen LogP contribution is -2.42. The maximum absolute atomic E-state index is 14.1. The number of hydrogen-bond acceptors (Lipinski definition) is 5. The van der Waals surface area contributed by atoms with E-state index in [1.54, 1.807) is 17.9 Å². The molecule has 1 aliphatic rings. The van der Waals surface area contributed by atoms with Gasteiger partial charge in [-0.2, -0.15) is 5.10 Å². The van der Waals surface area contributed by atoms with Crippen LogP contribution in [0.5, 0.6) is 0 Å². The number of carbonyl (C=O) groups excluding carboxylic acids is 1. The van der Waals surface area contributed by atoms with Gasteiger partial charge in [0.1, 0.15) is 5.82 Å². The predicted molar refractivity (Wildman–Crippen MR) is 154 cm³/mol. The summed E-state index contributed by atoms with van der Waals surface area (Å²) in [5.41, 5.74) is 5.64. The fourth-order valence-corrected chi connectivity index (χ4v) is 5.47. The van der Waals surface area contributed by atoms with E-state index in [1.807, 2.05) is 63.2 Å². The van der Waals surface area contributed by atoms with Gasteiger partial charge in [-0.1, -0.05) is 24.3 Å². The number of halogens is 2. The summed E-state index contributed by atoms with van der Waals surface area (Å²) in [4.78, 5) is 20.2. The zero-order valence-corrected chi connectivity index (χ0v) is 23.6. The van der Waals surface area contributed by atoms with Gasteiger partial charge in [-0.25, -0.2) is 18.3 Å². The lowest BCUT2D eigenvalue weighted by atomic mass is 9.94. The predicted octanol–water partition coefficient (Wildman–Crippen LogP) is 5.37. The highest BCUT2D eigenvalue weighted by Crippen LogP contribution is 2.32. The summed E-state index contributed by atoms with van der Waals surface area (Å²) in [6, 6.07) is 16.7. The van der Waals surface area contributed by atoms with Crippen molar-refractivity contribution in [1.82, 2.24) is 25.0 Å². The van der Waals surface area contributed by atoms with Crippen LogP contribution < -0.4 is 10.6 Å². The van der Waals surface area contributed by atoms with E-state index in [4.69, 9.17) is 9.84 Å². The Bertz CT molecular complexity index is 1520. The second kappa shape index (κ2) is 12.2. The number of benzene rings is 2. The number of anilines is 1. The molecule has 5 rings (SSSR count). The van der Waals surface area contributed by atoms with Crippen LogP contribution in [0.2, 0.25) is 0 Å². The number of urea groups is 1. The Morgan fingerprint density at radius 1 is 1.00 bits per heavy atom. The standard InChI is InChI=1S/C31H34F2N6O2/c1-19-14-23(15-20(2)34-19)29-21(3)30(39(37-29)24-8-6-5-7-9-24)36-31(40)35-28-18-38(12-13-41-4)17-25(28)22-10-11-26(32)27(33)16-22/h5-11,14-16,25,28H,12-13,17-18H2,1-4H3,(H2,35,36,40). The number of amides is 2. The van der Waals surface area contributed by atoms with Gasteiger partial charge in [0.25, 0.3) is 0 Å². The Labute approximate surface area is 238 Å². The minimum atomic E-state index is -0.905. The molecule has 10 heteroatoms. The highest BCUT2D eigenvalue weighted by atomic mass is 19.2. The maximum atomic E-state index is 14.1. The third-order valence-electron chi connectivity index (χ3n) is 7.41. The summed E-state index contributed by atoms with van der Waals surface area (Å²) >= 11 is 0. The van der Waals surface area contributed by atoms with Gasteiger partial charge in [-0.15, -0.1) is 0 Å². The average Bonchev–Trinajstić information content (AvgIpc) is 3.49. The van der Waals surface area contributed by atoms with Gasteiger partial charge in [0, 0.05) is 55.2 Å². The lowest BCUT2D eigenvalue weighted by molar-refractivity contribution is 0.159. The molecule has 1 aliphatic heterocycles. The number of ether oxygens (including phenoxy) is 1. The molecular weight excluding hydrogens is 526 g/mol. The van der Waals surface area contributed by atoms with E-state index in [-0.39, 0.29) is 12.0 Å². The summed E-state index contributed by atoms with van der Waals surface area (Å²) < 4.78 is 34.8. The second-order valence-corrected chi connectivity index (χ2v) is 10.4. The highest BCUT2D eigenvalue weighted by Gasteiger charge is 2.35. The Morgan fingerprint density at radius 2 is 1.73 bits per heavy atom. The van der Waals surface area contributed by atoms with E-state index in [0.29, 0.717) is 37.6 Å². The van der Waals surface area contributed by atoms with Crippen LogP contribution in [0.25, 0.3) is 16.9 Å². The molecular formula is C31H34F2N6O2. The zero-order valence-electron chi connectivity index (χ0n) is 23.6. The molecule has 4 aromatic rings. The van der Waals surface area contributed by atoms with Crippen molar-refractivity contribution in [3.8, 4) is 16.9 Å². The molecule has 2 aromatic carbocycles. The number of para-hydroxylation sites is 1. The van der Waals surface area contributed by atoms with Crippen molar-refractivity contribution >= 4 is 11.8 Å². The van der Waals surface area contributed by atoms with E-state index in [0.717, 1.165) is 40.0 Å². The van der Waals surface area contributed by atoms with Crippen LogP contribution in [0.4, 0.5) is 19.4 Å². The molecule has 0 aliphatic carbocycles. The topological polar surface area (TPSA) is 84.3 Å². The van der Waals surface area contributed by atoms with Crippen molar-refractivity contribution in [3.05, 3.63) is 94.8 Å². The number of aryl methyl sites for hydroxylation is 2. The van der Waals surface area contributed by atoms with Gasteiger partial charge in [0.15, 0.2) is 11.6 Å². The first-order chi connectivity index (χ1) is 19.7. The van der Waals surface area contributed by atoms with E-state index in [2.05, 4.69) is 20.5 Å². The van der Waals surface area contributed by atoms with E-state index >= 15 is 0 Å². The number of rotatable bonds is 8. The molecule has 1 fully saturated rings. The Kier molecular flexibility index (Phi) is 8.41. The molecule has 2 aromatic heterocycles. The molecule has 2 N–H and O–H groups in total. The SMILES string of the molecule is COCCN1CC(NC(=O)Nc2c(C)c(-c3cc(C)nc(C)c3)nn2-c2ccccc2)C(c2ccc(F)c(F)c2)C1. The first kappa shape index (κ1) is 28.4. The molecule has 41 heavy (non-hydrogen) atoms. The monoisotopic (exact) mass is 560 g/mol. The van der Waals surface area contributed by atoms with Crippen molar-refractivity contribution in [2.24, 2.45) is 0 Å². The van der Waals surface area contributed by atoms with Crippen molar-refractivity contribution < 1.29 is 18.3 Å². The lowest BCUT2D eigenvalue weighted by Gasteiger charge is -2.21. The molecule has 1 saturated heterocycles. The number of methoxy groups -OCH3 is 1. The van der Waals surface area contributed by atoms with Crippen LogP contribution in [0.3, 0.4) is 0 Å². The number of pyridine rings is 1. The third-order valence-corrected chi connectivity index (χ3v) is 7.41. The molecule has 0 saturated carbocycles. The van der Waals surface area contributed by atoms with Gasteiger partial charge < -0.3 is 10.1 Å². The van der Waals surface area contributed by atoms with Crippen molar-refractivity contribution in [2.45, 2.75) is 32.7 Å². The summed E-state index contributed by atoms with van der Waals surface area (Å²) in [5, 5.41) is 11.0. The number of aromatic nitrogens is 3. The molecule has 2 unspecified atom stereocenters. The molecule has 3 heterocycles. The van der Waals surface area contributed by atoms with E-state index < -0.39 is 17.7 Å². The minimum absolute atomic E-state index is 0.230. The quantitative estimate of drug-likeness (QED) is 0.303. The fourth-order valence-electron chi connectivity index (χ4n) is 5.47. The average molecular weight is 561 g/mol. The molecule has 0 bridgehead atoms. The van der Waals surface area contributed by atoms with Gasteiger partial charge >= 0.3 is 6.03 Å². The Hall–Kier alpha value is -4.15. The summed E-state index contributed by atoms with van der Waals surface area (Å²) in [6.07, 6.45) is 0. The van der Waals surface area contributed by atoms with Crippen LogP contribution in [0.15, 0.2) is 60.7 Å². The summed E-state index contributed by atoms with van der Waals surface area (Å²) in [7, 11) is 1.63. The van der Waals surface area contributed by atoms with Gasteiger partial charge in [-0.05, 0) is 62.7 Å². The number of likely N-dealkylation sites (tertiary alicyclic amines) is 1. The molecule has 214 valence electrons. The normalized spacial score (nSPS) is 17.1. The zero-order chi connectivity index (χ0) is 29.1. The maximum Gasteiger partial charge on any atom is 0.320 e. The van der Waals surface area contributed by atoms with E-state index in [1.165, 1.54) is 6.07 Å². The summed E-state index contributed by atoms with van der Waals surface area (Å²) in [5.74, 6) is -1.50. The Balaban J connectivity index is 1.44. The van der Waals surface area contributed by atoms with Crippen molar-refractivity contribution in [2.75, 3.05) is 38.7 Å². The highest BCUT2D eigenvalue weighted by molar-refractivity contribution is 5.91. The number of nitrogens with zero attached hydrogens (tertiary/aromatic N) is 4. The van der Waals surface area contributed by atoms with Crippen LogP contribution in [0, 0.1) is 32.4 Å². The number of hydrogen-bond donors (Lipinski definition) is 2. The molecule has 2 amide bonds. The van der Waals surface area contributed by atoms with Gasteiger partial charge in [-0.3, -0.25) is 15.2 Å².